The van der Waals surface area contributed by atoms with Gasteiger partial charge in [0, 0.05) is 5.69 Å². The van der Waals surface area contributed by atoms with Gasteiger partial charge in [-0.15, -0.1) is 0 Å². The van der Waals surface area contributed by atoms with Crippen LogP contribution in [0.2, 0.25) is 5.15 Å². The molecule has 2 aromatic heterocycles. The Morgan fingerprint density at radius 2 is 2.05 bits per heavy atom. The van der Waals surface area contributed by atoms with Gasteiger partial charge in [-0.25, -0.2) is 24.9 Å². The number of imidazole rings is 1. The van der Waals surface area contributed by atoms with Crippen molar-refractivity contribution in [3.63, 3.8) is 0 Å². The highest BCUT2D eigenvalue weighted by Gasteiger charge is 2.17. The minimum absolute atomic E-state index is 0.330. The summed E-state index contributed by atoms with van der Waals surface area (Å²) < 4.78 is 6.71. The molecule has 2 rings (SSSR count). The van der Waals surface area contributed by atoms with Crippen molar-refractivity contribution in [2.24, 2.45) is 0 Å². The van der Waals surface area contributed by atoms with Crippen LogP contribution in [0.3, 0.4) is 0 Å². The molecule has 2 aromatic rings. The maximum Gasteiger partial charge on any atom is 0.426 e. The number of carbonyl (C=O) groups is 1. The lowest BCUT2D eigenvalue weighted by Gasteiger charge is -2.11. The topological polar surface area (TPSA) is 69.0 Å². The first-order chi connectivity index (χ1) is 9.95. The molecule has 2 heterocycles. The van der Waals surface area contributed by atoms with Crippen LogP contribution >= 0.6 is 11.6 Å². The molecule has 0 saturated carbocycles. The number of carbonyl (C=O) groups excluding carboxylic acids is 1. The highest BCUT2D eigenvalue weighted by atomic mass is 35.5. The molecular weight excluding hydrogens is 292 g/mol. The van der Waals surface area contributed by atoms with Crippen molar-refractivity contribution >= 4 is 28.7 Å². The second-order valence-electron chi connectivity index (χ2n) is 4.91. The van der Waals surface area contributed by atoms with E-state index >= 15 is 0 Å². The van der Waals surface area contributed by atoms with Crippen LogP contribution in [0.1, 0.15) is 36.8 Å². The fourth-order valence-electron chi connectivity index (χ4n) is 2.05. The van der Waals surface area contributed by atoms with Crippen molar-refractivity contribution in [3.8, 4) is 0 Å². The van der Waals surface area contributed by atoms with Crippen LogP contribution in [0, 0.1) is 20.8 Å². The van der Waals surface area contributed by atoms with E-state index in [0.29, 0.717) is 23.1 Å². The molecule has 0 radical (unpaired) electrons. The van der Waals surface area contributed by atoms with Crippen molar-refractivity contribution in [3.05, 3.63) is 22.2 Å². The molecule has 1 amide bonds. The first-order valence-electron chi connectivity index (χ1n) is 6.91. The average molecular weight is 311 g/mol. The molecule has 0 atom stereocenters. The molecule has 0 aliphatic rings. The van der Waals surface area contributed by atoms with E-state index in [1.54, 1.807) is 11.6 Å². The van der Waals surface area contributed by atoms with Crippen LogP contribution in [0.25, 0.3) is 11.0 Å². The highest BCUT2D eigenvalue weighted by Crippen LogP contribution is 2.26. The van der Waals surface area contributed by atoms with Gasteiger partial charge >= 0.3 is 6.09 Å². The van der Waals surface area contributed by atoms with Gasteiger partial charge in [-0.2, -0.15) is 0 Å². The Balaban J connectivity index is 2.35. The monoisotopic (exact) mass is 310 g/mol. The van der Waals surface area contributed by atoms with Crippen molar-refractivity contribution in [2.45, 2.75) is 40.5 Å². The van der Waals surface area contributed by atoms with Crippen LogP contribution < -0.4 is 5.43 Å². The third-order valence-corrected chi connectivity index (χ3v) is 3.60. The second-order valence-corrected chi connectivity index (χ2v) is 5.26. The smallest absolute Gasteiger partial charge is 0.426 e. The minimum atomic E-state index is -0.504. The van der Waals surface area contributed by atoms with Crippen molar-refractivity contribution in [2.75, 3.05) is 12.0 Å². The normalized spacial score (nSPS) is 10.9. The predicted molar refractivity (Wildman–Crippen MR) is 82.4 cm³/mol. The number of nitrogens with one attached hydrogen (secondary N) is 1. The number of halogens is 1. The van der Waals surface area contributed by atoms with E-state index in [-0.39, 0.29) is 0 Å². The summed E-state index contributed by atoms with van der Waals surface area (Å²) in [5.41, 5.74) is 5.74. The molecule has 114 valence electrons. The summed E-state index contributed by atoms with van der Waals surface area (Å²) in [4.78, 5) is 20.4. The largest absolute Gasteiger partial charge is 0.448 e. The van der Waals surface area contributed by atoms with Gasteiger partial charge in [-0.05, 0) is 32.8 Å². The van der Waals surface area contributed by atoms with Crippen LogP contribution in [0.15, 0.2) is 0 Å². The van der Waals surface area contributed by atoms with E-state index in [0.717, 1.165) is 29.6 Å². The summed E-state index contributed by atoms with van der Waals surface area (Å²) in [6.07, 6.45) is 1.31. The Morgan fingerprint density at radius 1 is 1.33 bits per heavy atom. The van der Waals surface area contributed by atoms with Gasteiger partial charge in [0.15, 0.2) is 5.15 Å². The number of unbranched alkanes of at least 4 members (excludes halogenated alkanes) is 1. The number of hydrogen-bond donors (Lipinski definition) is 1. The number of pyridine rings is 1. The Bertz CT molecular complexity index is 681. The molecule has 21 heavy (non-hydrogen) atoms. The number of rotatable bonds is 4. The summed E-state index contributed by atoms with van der Waals surface area (Å²) in [6, 6.07) is 0. The first kappa shape index (κ1) is 15.6. The zero-order valence-corrected chi connectivity index (χ0v) is 13.4. The van der Waals surface area contributed by atoms with Gasteiger partial charge in [0.25, 0.3) is 0 Å². The lowest BCUT2D eigenvalue weighted by molar-refractivity contribution is 0.156. The molecule has 0 aromatic carbocycles. The maximum atomic E-state index is 11.8. The second kappa shape index (κ2) is 6.30. The Hall–Kier alpha value is -1.82. The van der Waals surface area contributed by atoms with Crippen LogP contribution in [0.5, 0.6) is 0 Å². The molecule has 0 saturated heterocycles. The molecule has 1 N–H and O–H groups in total. The fourth-order valence-corrected chi connectivity index (χ4v) is 2.31. The molecule has 0 aliphatic heterocycles. The number of aromatic nitrogens is 3. The van der Waals surface area contributed by atoms with Gasteiger partial charge < -0.3 is 4.74 Å². The van der Waals surface area contributed by atoms with Crippen LogP contribution in [-0.2, 0) is 4.74 Å². The van der Waals surface area contributed by atoms with Gasteiger partial charge in [0.05, 0.1) is 12.1 Å². The Morgan fingerprint density at radius 3 is 2.71 bits per heavy atom. The molecule has 0 fully saturated rings. The van der Waals surface area contributed by atoms with Gasteiger partial charge in [-0.1, -0.05) is 24.9 Å². The van der Waals surface area contributed by atoms with E-state index in [2.05, 4.69) is 15.4 Å². The SMILES string of the molecule is CCCCOC(=O)Nn1c(C)nc2c(Cl)nc(C)c(C)c21. The van der Waals surface area contributed by atoms with Gasteiger partial charge in [0.1, 0.15) is 11.3 Å². The first-order valence-corrected chi connectivity index (χ1v) is 7.29. The number of fused-ring (bicyclic) bond motifs is 1. The molecule has 0 spiro atoms. The third kappa shape index (κ3) is 3.10. The van der Waals surface area contributed by atoms with Crippen LogP contribution in [0.4, 0.5) is 4.79 Å². The van der Waals surface area contributed by atoms with Crippen molar-refractivity contribution < 1.29 is 9.53 Å². The minimum Gasteiger partial charge on any atom is -0.448 e. The quantitative estimate of drug-likeness (QED) is 0.693. The zero-order chi connectivity index (χ0) is 15.6. The molecule has 0 bridgehead atoms. The highest BCUT2D eigenvalue weighted by molar-refractivity contribution is 6.33. The Labute approximate surface area is 128 Å². The average Bonchev–Trinajstić information content (AvgIpc) is 2.75. The van der Waals surface area contributed by atoms with Crippen LogP contribution in [-0.4, -0.2) is 27.3 Å². The van der Waals surface area contributed by atoms with E-state index in [4.69, 9.17) is 16.3 Å². The third-order valence-electron chi connectivity index (χ3n) is 3.34. The molecule has 0 unspecified atom stereocenters. The lowest BCUT2D eigenvalue weighted by atomic mass is 10.2. The lowest BCUT2D eigenvalue weighted by Crippen LogP contribution is -2.25. The molecular formula is C14H19ClN4O2. The predicted octanol–water partition coefficient (Wildman–Crippen LogP) is 3.49. The van der Waals surface area contributed by atoms with Crippen molar-refractivity contribution in [1.82, 2.24) is 14.6 Å². The molecule has 0 aliphatic carbocycles. The summed E-state index contributed by atoms with van der Waals surface area (Å²) in [5.74, 6) is 0.620. The number of aryl methyl sites for hydroxylation is 3. The maximum absolute atomic E-state index is 11.8. The Kier molecular flexibility index (Phi) is 4.67. The summed E-state index contributed by atoms with van der Waals surface area (Å²) >= 11 is 6.13. The fraction of sp³-hybridized carbons (Fsp3) is 0.500. The van der Waals surface area contributed by atoms with E-state index < -0.39 is 6.09 Å². The number of amides is 1. The van der Waals surface area contributed by atoms with Gasteiger partial charge in [-0.3, -0.25) is 0 Å². The number of hydrogen-bond acceptors (Lipinski definition) is 4. The number of nitrogens with zero attached hydrogens (tertiary/aromatic N) is 3. The van der Waals surface area contributed by atoms with Crippen molar-refractivity contribution in [1.29, 1.82) is 0 Å². The molecule has 7 heteroatoms. The summed E-state index contributed by atoms with van der Waals surface area (Å²) in [7, 11) is 0. The summed E-state index contributed by atoms with van der Waals surface area (Å²) in [6.45, 7) is 8.01. The molecule has 6 nitrogen and oxygen atoms in total. The summed E-state index contributed by atoms with van der Waals surface area (Å²) in [5, 5.41) is 0.330. The standard InChI is InChI=1S/C14H19ClN4O2/c1-5-6-7-21-14(20)18-19-10(4)17-11-12(19)8(2)9(3)16-13(11)15/h5-7H2,1-4H3,(H,18,20). The van der Waals surface area contributed by atoms with E-state index in [9.17, 15) is 4.79 Å². The van der Waals surface area contributed by atoms with E-state index in [1.165, 1.54) is 0 Å². The zero-order valence-electron chi connectivity index (χ0n) is 12.7. The van der Waals surface area contributed by atoms with Gasteiger partial charge in [0.2, 0.25) is 0 Å². The van der Waals surface area contributed by atoms with E-state index in [1.807, 2.05) is 20.8 Å². The number of ether oxygens (including phenoxy) is 1.